The number of piperidine rings is 1. The van der Waals surface area contributed by atoms with Gasteiger partial charge >= 0.3 is 0 Å². The number of hydrogen-bond acceptors (Lipinski definition) is 3. The Bertz CT molecular complexity index is 345. The van der Waals surface area contributed by atoms with E-state index in [0.717, 1.165) is 24.8 Å². The molecule has 0 radical (unpaired) electrons. The van der Waals surface area contributed by atoms with Crippen LogP contribution in [-0.4, -0.2) is 56.7 Å². The molecule has 1 aliphatic rings. The topological polar surface area (TPSA) is 15.7 Å². The van der Waals surface area contributed by atoms with Crippen molar-refractivity contribution in [2.24, 2.45) is 5.92 Å². The minimum Gasteiger partial charge on any atom is -0.492 e. The van der Waals surface area contributed by atoms with Gasteiger partial charge in [-0.3, -0.25) is 4.90 Å². The Morgan fingerprint density at radius 1 is 1.16 bits per heavy atom. The van der Waals surface area contributed by atoms with E-state index in [4.69, 9.17) is 4.74 Å². The van der Waals surface area contributed by atoms with Crippen LogP contribution in [0.1, 0.15) is 12.8 Å². The first kappa shape index (κ1) is 14.4. The van der Waals surface area contributed by atoms with Crippen molar-refractivity contribution in [1.82, 2.24) is 9.80 Å². The van der Waals surface area contributed by atoms with Gasteiger partial charge in [0.05, 0.1) is 0 Å². The molecule has 106 valence electrons. The molecular weight excluding hydrogens is 236 g/mol. The molecule has 0 spiro atoms. The van der Waals surface area contributed by atoms with E-state index in [1.807, 2.05) is 30.3 Å². The second kappa shape index (κ2) is 7.51. The van der Waals surface area contributed by atoms with Gasteiger partial charge in [0.2, 0.25) is 0 Å². The average molecular weight is 262 g/mol. The van der Waals surface area contributed by atoms with Crippen LogP contribution in [-0.2, 0) is 0 Å². The van der Waals surface area contributed by atoms with Crippen molar-refractivity contribution in [2.45, 2.75) is 12.8 Å². The highest BCUT2D eigenvalue weighted by Gasteiger charge is 2.19. The number of likely N-dealkylation sites (tertiary alicyclic amines) is 1. The fourth-order valence-corrected chi connectivity index (χ4v) is 2.72. The van der Waals surface area contributed by atoms with Gasteiger partial charge in [-0.1, -0.05) is 18.2 Å². The average Bonchev–Trinajstić information content (AvgIpc) is 2.41. The maximum atomic E-state index is 5.75. The molecule has 1 fully saturated rings. The first-order valence-corrected chi connectivity index (χ1v) is 7.29. The van der Waals surface area contributed by atoms with E-state index in [1.54, 1.807) is 0 Å². The molecule has 2 rings (SSSR count). The molecule has 3 nitrogen and oxygen atoms in total. The molecule has 0 N–H and O–H groups in total. The highest BCUT2D eigenvalue weighted by molar-refractivity contribution is 5.20. The molecule has 1 aromatic carbocycles. The molecule has 1 aromatic rings. The van der Waals surface area contributed by atoms with Gasteiger partial charge in [-0.25, -0.2) is 0 Å². The molecule has 0 aromatic heterocycles. The predicted molar refractivity (Wildman–Crippen MR) is 79.7 cm³/mol. The van der Waals surface area contributed by atoms with E-state index < -0.39 is 0 Å². The summed E-state index contributed by atoms with van der Waals surface area (Å²) in [6, 6.07) is 10.1. The van der Waals surface area contributed by atoms with Crippen LogP contribution >= 0.6 is 0 Å². The van der Waals surface area contributed by atoms with Crippen molar-refractivity contribution in [3.63, 3.8) is 0 Å². The summed E-state index contributed by atoms with van der Waals surface area (Å²) in [5.41, 5.74) is 0. The molecule has 3 heteroatoms. The molecule has 19 heavy (non-hydrogen) atoms. The standard InChI is InChI=1S/C16H26N2O/c1-17(2)14-15-8-10-18(11-9-15)12-13-19-16-6-4-3-5-7-16/h3-7,15H,8-14H2,1-2H3. The second-order valence-corrected chi connectivity index (χ2v) is 5.71. The summed E-state index contributed by atoms with van der Waals surface area (Å²) >= 11 is 0. The molecule has 1 saturated heterocycles. The van der Waals surface area contributed by atoms with Crippen LogP contribution in [0, 0.1) is 5.92 Å². The van der Waals surface area contributed by atoms with E-state index in [0.29, 0.717) is 0 Å². The van der Waals surface area contributed by atoms with Crippen molar-refractivity contribution >= 4 is 0 Å². The van der Waals surface area contributed by atoms with Crippen LogP contribution in [0.25, 0.3) is 0 Å². The first-order valence-electron chi connectivity index (χ1n) is 7.29. The highest BCUT2D eigenvalue weighted by atomic mass is 16.5. The molecule has 0 saturated carbocycles. The summed E-state index contributed by atoms with van der Waals surface area (Å²) in [5, 5.41) is 0. The fourth-order valence-electron chi connectivity index (χ4n) is 2.72. The summed E-state index contributed by atoms with van der Waals surface area (Å²) in [5.74, 6) is 1.85. The van der Waals surface area contributed by atoms with Crippen molar-refractivity contribution in [1.29, 1.82) is 0 Å². The molecule has 0 atom stereocenters. The largest absolute Gasteiger partial charge is 0.492 e. The quantitative estimate of drug-likeness (QED) is 0.782. The number of benzene rings is 1. The summed E-state index contributed by atoms with van der Waals surface area (Å²) < 4.78 is 5.75. The number of nitrogens with zero attached hydrogens (tertiary/aromatic N) is 2. The zero-order chi connectivity index (χ0) is 13.5. The van der Waals surface area contributed by atoms with Gasteiger partial charge in [0.25, 0.3) is 0 Å². The third-order valence-electron chi connectivity index (χ3n) is 3.75. The molecular formula is C16H26N2O. The molecule has 0 bridgehead atoms. The number of hydrogen-bond donors (Lipinski definition) is 0. The molecule has 0 amide bonds. The van der Waals surface area contributed by atoms with Gasteiger partial charge in [0.15, 0.2) is 0 Å². The fraction of sp³-hybridized carbons (Fsp3) is 0.625. The predicted octanol–water partition coefficient (Wildman–Crippen LogP) is 2.34. The lowest BCUT2D eigenvalue weighted by molar-refractivity contribution is 0.141. The minimum atomic E-state index is 0.794. The van der Waals surface area contributed by atoms with Crippen LogP contribution < -0.4 is 4.74 Å². The number of para-hydroxylation sites is 1. The van der Waals surface area contributed by atoms with Crippen LogP contribution in [0.15, 0.2) is 30.3 Å². The maximum Gasteiger partial charge on any atom is 0.119 e. The third-order valence-corrected chi connectivity index (χ3v) is 3.75. The van der Waals surface area contributed by atoms with Gasteiger partial charge in [-0.15, -0.1) is 0 Å². The number of rotatable bonds is 6. The van der Waals surface area contributed by atoms with E-state index in [2.05, 4.69) is 23.9 Å². The van der Waals surface area contributed by atoms with Gasteiger partial charge in [0.1, 0.15) is 12.4 Å². The summed E-state index contributed by atoms with van der Waals surface area (Å²) in [6.45, 7) is 5.51. The monoisotopic (exact) mass is 262 g/mol. The van der Waals surface area contributed by atoms with Crippen LogP contribution in [0.2, 0.25) is 0 Å². The summed E-state index contributed by atoms with van der Waals surface area (Å²) in [4.78, 5) is 4.83. The Balaban J connectivity index is 1.61. The van der Waals surface area contributed by atoms with Gasteiger partial charge in [-0.2, -0.15) is 0 Å². The van der Waals surface area contributed by atoms with Crippen molar-refractivity contribution in [3.05, 3.63) is 30.3 Å². The summed E-state index contributed by atoms with van der Waals surface area (Å²) in [6.07, 6.45) is 2.65. The smallest absolute Gasteiger partial charge is 0.119 e. The normalized spacial score (nSPS) is 17.8. The second-order valence-electron chi connectivity index (χ2n) is 5.71. The molecule has 1 heterocycles. The molecule has 0 unspecified atom stereocenters. The Morgan fingerprint density at radius 2 is 1.84 bits per heavy atom. The Hall–Kier alpha value is -1.06. The van der Waals surface area contributed by atoms with Crippen LogP contribution in [0.5, 0.6) is 5.75 Å². The van der Waals surface area contributed by atoms with Crippen molar-refractivity contribution < 1.29 is 4.74 Å². The Labute approximate surface area is 117 Å². The first-order chi connectivity index (χ1) is 9.24. The van der Waals surface area contributed by atoms with Gasteiger partial charge in [-0.05, 0) is 58.1 Å². The van der Waals surface area contributed by atoms with Crippen molar-refractivity contribution in [3.8, 4) is 5.75 Å². The van der Waals surface area contributed by atoms with E-state index >= 15 is 0 Å². The lowest BCUT2D eigenvalue weighted by atomic mass is 9.96. The molecule has 0 aliphatic carbocycles. The third kappa shape index (κ3) is 5.21. The maximum absolute atomic E-state index is 5.75. The zero-order valence-electron chi connectivity index (χ0n) is 12.2. The van der Waals surface area contributed by atoms with E-state index in [1.165, 1.54) is 32.5 Å². The van der Waals surface area contributed by atoms with Gasteiger partial charge < -0.3 is 9.64 Å². The van der Waals surface area contributed by atoms with Crippen LogP contribution in [0.3, 0.4) is 0 Å². The van der Waals surface area contributed by atoms with Gasteiger partial charge in [0, 0.05) is 13.1 Å². The SMILES string of the molecule is CN(C)CC1CCN(CCOc2ccccc2)CC1. The lowest BCUT2D eigenvalue weighted by Crippen LogP contribution is -2.39. The van der Waals surface area contributed by atoms with Crippen molar-refractivity contribution in [2.75, 3.05) is 46.9 Å². The van der Waals surface area contributed by atoms with E-state index in [-0.39, 0.29) is 0 Å². The number of ether oxygens (including phenoxy) is 1. The highest BCUT2D eigenvalue weighted by Crippen LogP contribution is 2.17. The Morgan fingerprint density at radius 3 is 2.47 bits per heavy atom. The summed E-state index contributed by atoms with van der Waals surface area (Å²) in [7, 11) is 4.33. The Kier molecular flexibility index (Phi) is 5.67. The zero-order valence-corrected chi connectivity index (χ0v) is 12.2. The molecule has 1 aliphatic heterocycles. The lowest BCUT2D eigenvalue weighted by Gasteiger charge is -2.33. The minimum absolute atomic E-state index is 0.794. The van der Waals surface area contributed by atoms with Crippen LogP contribution in [0.4, 0.5) is 0 Å². The van der Waals surface area contributed by atoms with E-state index in [9.17, 15) is 0 Å².